The Morgan fingerprint density at radius 1 is 1.12 bits per heavy atom. The van der Waals surface area contributed by atoms with Crippen molar-refractivity contribution in [1.82, 2.24) is 4.90 Å². The number of thioether (sulfide) groups is 2. The Morgan fingerprint density at radius 2 is 1.76 bits per heavy atom. The smallest absolute Gasteiger partial charge is 0.337 e. The first-order valence-electron chi connectivity index (χ1n) is 6.56. The van der Waals surface area contributed by atoms with Crippen molar-refractivity contribution in [3.8, 4) is 0 Å². The van der Waals surface area contributed by atoms with Crippen LogP contribution in [0.3, 0.4) is 0 Å². The van der Waals surface area contributed by atoms with E-state index < -0.39 is 20.2 Å². The van der Waals surface area contributed by atoms with E-state index in [0.717, 1.165) is 23.9 Å². The fraction of sp³-hybridized carbons (Fsp3) is 0.231. The van der Waals surface area contributed by atoms with Gasteiger partial charge in [-0.05, 0) is 18.2 Å². The van der Waals surface area contributed by atoms with Crippen molar-refractivity contribution in [2.24, 2.45) is 0 Å². The molecule has 0 spiro atoms. The fourth-order valence-corrected chi connectivity index (χ4v) is 5.46. The van der Waals surface area contributed by atoms with E-state index in [1.807, 2.05) is 0 Å². The van der Waals surface area contributed by atoms with Gasteiger partial charge in [0.15, 0.2) is 0 Å². The molecule has 2 aliphatic rings. The van der Waals surface area contributed by atoms with Gasteiger partial charge in [-0.1, -0.05) is 35.7 Å². The number of carbonyl (C=O) groups excluding carboxylic acids is 1. The van der Waals surface area contributed by atoms with E-state index in [9.17, 15) is 26.4 Å². The number of fused-ring (bicyclic) bond motifs is 1. The summed E-state index contributed by atoms with van der Waals surface area (Å²) in [5, 5.41) is 0.498. The van der Waals surface area contributed by atoms with Gasteiger partial charge in [0.2, 0.25) is 0 Å². The van der Waals surface area contributed by atoms with Gasteiger partial charge < -0.3 is 4.90 Å². The van der Waals surface area contributed by atoms with Gasteiger partial charge in [-0.3, -0.25) is 9.69 Å². The summed E-state index contributed by atoms with van der Waals surface area (Å²) in [6, 6.07) is 3.18. The molecule has 0 aliphatic carbocycles. The Hall–Kier alpha value is -1.24. The third-order valence-electron chi connectivity index (χ3n) is 3.57. The highest BCUT2D eigenvalue weighted by Gasteiger charge is 2.47. The van der Waals surface area contributed by atoms with Crippen LogP contribution in [0.4, 0.5) is 18.9 Å². The molecule has 25 heavy (non-hydrogen) atoms. The third kappa shape index (κ3) is 2.84. The van der Waals surface area contributed by atoms with Crippen LogP contribution in [0.2, 0.25) is 0 Å². The number of thiocarbonyl (C=S) groups is 1. The summed E-state index contributed by atoms with van der Waals surface area (Å²) in [6.07, 6.45) is 0. The molecule has 1 aromatic rings. The van der Waals surface area contributed by atoms with Gasteiger partial charge in [-0.15, -0.1) is 0 Å². The first-order valence-corrected chi connectivity index (χ1v) is 10.1. The fourth-order valence-electron chi connectivity index (χ4n) is 2.20. The molecular weight excluding hydrogens is 417 g/mol. The number of alkyl halides is 3. The van der Waals surface area contributed by atoms with E-state index in [1.54, 1.807) is 7.05 Å². The minimum absolute atomic E-state index is 0.284. The van der Waals surface area contributed by atoms with E-state index in [1.165, 1.54) is 34.7 Å². The molecule has 1 aromatic carbocycles. The number of nitrogens with zero attached hydrogens (tertiary/aromatic N) is 2. The maximum absolute atomic E-state index is 12.7. The second-order valence-corrected chi connectivity index (χ2v) is 9.72. The highest BCUT2D eigenvalue weighted by molar-refractivity contribution is 8.27. The quantitative estimate of drug-likeness (QED) is 0.505. The normalized spacial score (nSPS) is 21.3. The first-order chi connectivity index (χ1) is 11.4. The molecule has 0 atom stereocenters. The molecule has 3 rings (SSSR count). The van der Waals surface area contributed by atoms with Gasteiger partial charge >= 0.3 is 5.51 Å². The number of hydrogen-bond acceptors (Lipinski definition) is 7. The first kappa shape index (κ1) is 18.5. The standard InChI is InChI=1S/C13H9F3N2O3S4/c1-17-7-5-6(25(20,21)13(14,15)16)3-4-8(7)23-11(17)9-10(19)18(2)12(22)24-9/h3-5H,1-2H3/b11-9-. The molecule has 12 heteroatoms. The summed E-state index contributed by atoms with van der Waals surface area (Å²) in [6.45, 7) is 0. The molecule has 0 bridgehead atoms. The molecule has 0 N–H and O–H groups in total. The van der Waals surface area contributed by atoms with Crippen LogP contribution in [0.5, 0.6) is 0 Å². The Bertz CT molecular complexity index is 940. The van der Waals surface area contributed by atoms with E-state index in [4.69, 9.17) is 12.2 Å². The minimum Gasteiger partial charge on any atom is -0.337 e. The van der Waals surface area contributed by atoms with Crippen LogP contribution in [0.1, 0.15) is 0 Å². The molecular formula is C13H9F3N2O3S4. The zero-order chi connectivity index (χ0) is 18.7. The van der Waals surface area contributed by atoms with Crippen molar-refractivity contribution in [3.63, 3.8) is 0 Å². The van der Waals surface area contributed by atoms with Crippen molar-refractivity contribution >= 4 is 61.5 Å². The summed E-state index contributed by atoms with van der Waals surface area (Å²) in [4.78, 5) is 15.1. The molecule has 0 unspecified atom stereocenters. The highest BCUT2D eigenvalue weighted by atomic mass is 32.2. The van der Waals surface area contributed by atoms with Gasteiger partial charge in [-0.2, -0.15) is 13.2 Å². The Balaban J connectivity index is 2.06. The van der Waals surface area contributed by atoms with Crippen molar-refractivity contribution < 1.29 is 26.4 Å². The maximum Gasteiger partial charge on any atom is 0.501 e. The van der Waals surface area contributed by atoms with E-state index in [-0.39, 0.29) is 11.6 Å². The molecule has 1 amide bonds. The lowest BCUT2D eigenvalue weighted by Gasteiger charge is -2.16. The number of amides is 1. The molecule has 5 nitrogen and oxygen atoms in total. The number of rotatable bonds is 1. The molecule has 1 fully saturated rings. The van der Waals surface area contributed by atoms with Crippen molar-refractivity contribution in [2.75, 3.05) is 19.0 Å². The number of carbonyl (C=O) groups is 1. The van der Waals surface area contributed by atoms with Crippen LogP contribution in [-0.2, 0) is 14.6 Å². The molecule has 0 saturated carbocycles. The van der Waals surface area contributed by atoms with Crippen LogP contribution in [0.25, 0.3) is 0 Å². The van der Waals surface area contributed by atoms with Gasteiger partial charge in [0.1, 0.15) is 9.23 Å². The summed E-state index contributed by atoms with van der Waals surface area (Å²) >= 11 is 7.34. The predicted octanol–water partition coefficient (Wildman–Crippen LogP) is 3.18. The lowest BCUT2D eigenvalue weighted by molar-refractivity contribution is -0.121. The lowest BCUT2D eigenvalue weighted by Crippen LogP contribution is -2.24. The summed E-state index contributed by atoms with van der Waals surface area (Å²) < 4.78 is 61.8. The van der Waals surface area contributed by atoms with Gasteiger partial charge in [0, 0.05) is 19.0 Å². The van der Waals surface area contributed by atoms with Crippen molar-refractivity contribution in [2.45, 2.75) is 15.3 Å². The SMILES string of the molecule is CN1C(=O)/C(=C2/Sc3ccc(S(=O)(=O)C(F)(F)F)cc3N2C)SC1=S. The number of likely N-dealkylation sites (N-methyl/N-ethyl adjacent to an activating group) is 1. The largest absolute Gasteiger partial charge is 0.501 e. The van der Waals surface area contributed by atoms with Gasteiger partial charge in [0.05, 0.1) is 15.6 Å². The highest BCUT2D eigenvalue weighted by Crippen LogP contribution is 2.50. The van der Waals surface area contributed by atoms with Gasteiger partial charge in [-0.25, -0.2) is 8.42 Å². The molecule has 2 heterocycles. The second kappa shape index (κ2) is 5.89. The number of sulfone groups is 1. The van der Waals surface area contributed by atoms with Crippen LogP contribution in [0, 0.1) is 0 Å². The zero-order valence-electron chi connectivity index (χ0n) is 12.6. The lowest BCUT2D eigenvalue weighted by atomic mass is 10.3. The summed E-state index contributed by atoms with van der Waals surface area (Å²) in [5.74, 6) is -0.305. The predicted molar refractivity (Wildman–Crippen MR) is 93.9 cm³/mol. The van der Waals surface area contributed by atoms with Crippen molar-refractivity contribution in [3.05, 3.63) is 28.1 Å². The van der Waals surface area contributed by atoms with E-state index in [0.29, 0.717) is 19.2 Å². The topological polar surface area (TPSA) is 57.7 Å². The molecule has 0 radical (unpaired) electrons. The minimum atomic E-state index is -5.44. The number of benzene rings is 1. The van der Waals surface area contributed by atoms with Crippen LogP contribution < -0.4 is 4.90 Å². The van der Waals surface area contributed by atoms with E-state index >= 15 is 0 Å². The number of anilines is 1. The van der Waals surface area contributed by atoms with Crippen LogP contribution >= 0.6 is 35.7 Å². The van der Waals surface area contributed by atoms with Crippen LogP contribution in [-0.4, -0.2) is 43.1 Å². The average Bonchev–Trinajstić information content (AvgIpc) is 2.98. The number of halogens is 3. The third-order valence-corrected chi connectivity index (χ3v) is 7.97. The Morgan fingerprint density at radius 3 is 2.28 bits per heavy atom. The molecule has 1 saturated heterocycles. The molecule has 134 valence electrons. The molecule has 0 aromatic heterocycles. The Kier molecular flexibility index (Phi) is 4.37. The van der Waals surface area contributed by atoms with Gasteiger partial charge in [0.25, 0.3) is 15.7 Å². The summed E-state index contributed by atoms with van der Waals surface area (Å²) in [7, 11) is -2.35. The number of hydrogen-bond donors (Lipinski definition) is 0. The van der Waals surface area contributed by atoms with E-state index in [2.05, 4.69) is 0 Å². The van der Waals surface area contributed by atoms with Crippen molar-refractivity contribution in [1.29, 1.82) is 0 Å². The maximum atomic E-state index is 12.7. The van der Waals surface area contributed by atoms with Crippen LogP contribution in [0.15, 0.2) is 37.9 Å². The summed E-state index contributed by atoms with van der Waals surface area (Å²) in [5.41, 5.74) is -5.09. The zero-order valence-corrected chi connectivity index (χ0v) is 15.9. The Labute approximate surface area is 155 Å². The monoisotopic (exact) mass is 426 g/mol. The average molecular weight is 426 g/mol. The second-order valence-electron chi connectivity index (χ2n) is 5.11. The molecule has 2 aliphatic heterocycles.